The van der Waals surface area contributed by atoms with Crippen LogP contribution in [-0.2, 0) is 17.1 Å². The Labute approximate surface area is 155 Å². The van der Waals surface area contributed by atoms with Crippen molar-refractivity contribution < 1.29 is 13.2 Å². The first-order valence-electron chi connectivity index (χ1n) is 9.29. The van der Waals surface area contributed by atoms with Gasteiger partial charge in [0.25, 0.3) is 5.91 Å². The Morgan fingerprint density at radius 3 is 2.35 bits per heavy atom. The van der Waals surface area contributed by atoms with Gasteiger partial charge in [-0.25, -0.2) is 8.42 Å². The first kappa shape index (κ1) is 18.9. The lowest BCUT2D eigenvalue weighted by atomic mass is 10.1. The molecule has 142 valence electrons. The van der Waals surface area contributed by atoms with Gasteiger partial charge in [0, 0.05) is 44.1 Å². The van der Waals surface area contributed by atoms with Gasteiger partial charge in [-0.05, 0) is 43.5 Å². The number of aromatic nitrogens is 1. The average molecular weight is 378 g/mol. The zero-order valence-corrected chi connectivity index (χ0v) is 16.6. The fourth-order valence-corrected chi connectivity index (χ4v) is 5.16. The van der Waals surface area contributed by atoms with Crippen LogP contribution in [0.25, 0.3) is 10.9 Å². The van der Waals surface area contributed by atoms with E-state index in [4.69, 9.17) is 0 Å². The number of likely N-dealkylation sites (tertiary alicyclic amines) is 1. The van der Waals surface area contributed by atoms with E-state index >= 15 is 0 Å². The molecule has 0 radical (unpaired) electrons. The van der Waals surface area contributed by atoms with Crippen LogP contribution < -0.4 is 0 Å². The molecule has 1 aromatic heterocycles. The summed E-state index contributed by atoms with van der Waals surface area (Å²) in [6, 6.07) is 6.91. The first-order valence-corrected chi connectivity index (χ1v) is 10.7. The Morgan fingerprint density at radius 1 is 1.08 bits per heavy atom. The minimum absolute atomic E-state index is 0.0246. The second-order valence-electron chi connectivity index (χ2n) is 6.75. The number of piperidine rings is 1. The molecule has 6 nitrogen and oxygen atoms in total. The summed E-state index contributed by atoms with van der Waals surface area (Å²) < 4.78 is 28.8. The molecule has 0 spiro atoms. The minimum Gasteiger partial charge on any atom is -0.340 e. The van der Waals surface area contributed by atoms with Crippen LogP contribution >= 0.6 is 0 Å². The smallest absolute Gasteiger partial charge is 0.270 e. The van der Waals surface area contributed by atoms with Crippen LogP contribution in [0.2, 0.25) is 0 Å². The van der Waals surface area contributed by atoms with Crippen LogP contribution in [0.1, 0.15) is 43.6 Å². The van der Waals surface area contributed by atoms with Gasteiger partial charge in [-0.3, -0.25) is 4.79 Å². The van der Waals surface area contributed by atoms with Crippen molar-refractivity contribution in [1.29, 1.82) is 0 Å². The predicted molar refractivity (Wildman–Crippen MR) is 103 cm³/mol. The van der Waals surface area contributed by atoms with Crippen LogP contribution in [0.4, 0.5) is 0 Å². The van der Waals surface area contributed by atoms with Gasteiger partial charge < -0.3 is 9.47 Å². The van der Waals surface area contributed by atoms with Gasteiger partial charge in [0.1, 0.15) is 5.69 Å². The summed E-state index contributed by atoms with van der Waals surface area (Å²) in [7, 11) is -1.65. The van der Waals surface area contributed by atoms with Crippen molar-refractivity contribution >= 4 is 26.8 Å². The number of benzene rings is 1. The van der Waals surface area contributed by atoms with E-state index in [-0.39, 0.29) is 10.8 Å². The quantitative estimate of drug-likeness (QED) is 0.805. The second-order valence-corrected chi connectivity index (χ2v) is 8.69. The normalized spacial score (nSPS) is 15.8. The Balaban J connectivity index is 2.00. The number of nitrogens with zero attached hydrogens (tertiary/aromatic N) is 3. The highest BCUT2D eigenvalue weighted by Crippen LogP contribution is 2.25. The van der Waals surface area contributed by atoms with E-state index in [9.17, 15) is 13.2 Å². The van der Waals surface area contributed by atoms with Crippen molar-refractivity contribution in [2.45, 2.75) is 38.0 Å². The first-order chi connectivity index (χ1) is 12.4. The highest BCUT2D eigenvalue weighted by Gasteiger charge is 2.24. The third-order valence-corrected chi connectivity index (χ3v) is 7.27. The van der Waals surface area contributed by atoms with Gasteiger partial charge in [-0.15, -0.1) is 0 Å². The van der Waals surface area contributed by atoms with Gasteiger partial charge in [0.2, 0.25) is 10.0 Å². The largest absolute Gasteiger partial charge is 0.340 e. The minimum atomic E-state index is -3.51. The molecule has 0 aliphatic carbocycles. The topological polar surface area (TPSA) is 62.6 Å². The molecule has 0 unspecified atom stereocenters. The van der Waals surface area contributed by atoms with Crippen LogP contribution in [0, 0.1) is 0 Å². The number of hydrogen-bond acceptors (Lipinski definition) is 3. The summed E-state index contributed by atoms with van der Waals surface area (Å²) in [5.74, 6) is 0.0246. The van der Waals surface area contributed by atoms with E-state index in [1.807, 2.05) is 36.4 Å². The maximum atomic E-state index is 12.9. The van der Waals surface area contributed by atoms with Gasteiger partial charge in [0.15, 0.2) is 0 Å². The fraction of sp³-hybridized carbons (Fsp3) is 0.526. The van der Waals surface area contributed by atoms with E-state index < -0.39 is 10.0 Å². The Kier molecular flexibility index (Phi) is 5.39. The zero-order valence-electron chi connectivity index (χ0n) is 15.7. The van der Waals surface area contributed by atoms with E-state index in [2.05, 4.69) is 0 Å². The summed E-state index contributed by atoms with van der Waals surface area (Å²) in [5.41, 5.74) is 1.48. The maximum absolute atomic E-state index is 12.9. The third-order valence-electron chi connectivity index (χ3n) is 5.22. The number of fused-ring (bicyclic) bond motifs is 1. The molecule has 1 amide bonds. The number of carbonyl (C=O) groups is 1. The monoisotopic (exact) mass is 377 g/mol. The summed E-state index contributed by atoms with van der Waals surface area (Å²) in [5, 5.41) is 0.779. The molecule has 1 aromatic carbocycles. The molecule has 3 rings (SSSR count). The van der Waals surface area contributed by atoms with Crippen LogP contribution in [0.3, 0.4) is 0 Å². The second kappa shape index (κ2) is 7.40. The highest BCUT2D eigenvalue weighted by molar-refractivity contribution is 7.89. The molecule has 1 saturated heterocycles. The highest BCUT2D eigenvalue weighted by atomic mass is 32.2. The van der Waals surface area contributed by atoms with Crippen molar-refractivity contribution in [2.75, 3.05) is 26.2 Å². The lowest BCUT2D eigenvalue weighted by Crippen LogP contribution is -2.36. The molecule has 0 bridgehead atoms. The lowest BCUT2D eigenvalue weighted by Gasteiger charge is -2.26. The molecule has 1 aliphatic rings. The summed E-state index contributed by atoms with van der Waals surface area (Å²) in [6.07, 6.45) is 3.26. The van der Waals surface area contributed by atoms with Gasteiger partial charge in [-0.2, -0.15) is 4.31 Å². The molecule has 0 atom stereocenters. The molecule has 26 heavy (non-hydrogen) atoms. The van der Waals surface area contributed by atoms with Crippen molar-refractivity contribution in [3.05, 3.63) is 30.0 Å². The molecule has 2 aromatic rings. The zero-order chi connectivity index (χ0) is 18.9. The Hall–Kier alpha value is -1.86. The Bertz CT molecular complexity index is 907. The van der Waals surface area contributed by atoms with Crippen molar-refractivity contribution in [2.24, 2.45) is 7.05 Å². The number of hydrogen-bond donors (Lipinski definition) is 0. The van der Waals surface area contributed by atoms with Gasteiger partial charge in [0.05, 0.1) is 4.90 Å². The number of amides is 1. The SMILES string of the molecule is CCN(CC)S(=O)(=O)c1ccc2c(c1)cc(C(=O)N1CCCCC1)n2C. The Morgan fingerprint density at radius 2 is 1.73 bits per heavy atom. The number of carbonyl (C=O) groups excluding carboxylic acids is 1. The molecule has 2 heterocycles. The summed E-state index contributed by atoms with van der Waals surface area (Å²) in [6.45, 7) is 6.12. The number of rotatable bonds is 5. The van der Waals surface area contributed by atoms with Crippen LogP contribution in [0.15, 0.2) is 29.2 Å². The maximum Gasteiger partial charge on any atom is 0.270 e. The molecule has 0 N–H and O–H groups in total. The molecular formula is C19H27N3O3S. The molecule has 1 aliphatic heterocycles. The van der Waals surface area contributed by atoms with Crippen molar-refractivity contribution in [1.82, 2.24) is 13.8 Å². The molecule has 1 fully saturated rings. The third kappa shape index (κ3) is 3.25. The number of sulfonamides is 1. The van der Waals surface area contributed by atoms with E-state index in [1.54, 1.807) is 18.2 Å². The van der Waals surface area contributed by atoms with E-state index in [1.165, 1.54) is 10.7 Å². The van der Waals surface area contributed by atoms with Crippen molar-refractivity contribution in [3.8, 4) is 0 Å². The number of aryl methyl sites for hydroxylation is 1. The van der Waals surface area contributed by atoms with Crippen molar-refractivity contribution in [3.63, 3.8) is 0 Å². The van der Waals surface area contributed by atoms with Gasteiger partial charge in [-0.1, -0.05) is 13.8 Å². The summed E-state index contributed by atoms with van der Waals surface area (Å²) >= 11 is 0. The van der Waals surface area contributed by atoms with Crippen LogP contribution in [-0.4, -0.2) is 54.3 Å². The molecule has 7 heteroatoms. The van der Waals surface area contributed by atoms with Gasteiger partial charge >= 0.3 is 0 Å². The lowest BCUT2D eigenvalue weighted by molar-refractivity contribution is 0.0715. The summed E-state index contributed by atoms with van der Waals surface area (Å²) in [4.78, 5) is 15.0. The van der Waals surface area contributed by atoms with Crippen LogP contribution in [0.5, 0.6) is 0 Å². The predicted octanol–water partition coefficient (Wildman–Crippen LogP) is 2.83. The molecule has 0 saturated carbocycles. The van der Waals surface area contributed by atoms with E-state index in [0.29, 0.717) is 18.8 Å². The average Bonchev–Trinajstić information content (AvgIpc) is 2.99. The standard InChI is InChI=1S/C19H27N3O3S/c1-4-22(5-2)26(24,25)16-9-10-17-15(13-16)14-18(20(17)3)19(23)21-11-7-6-8-12-21/h9-10,13-14H,4-8,11-12H2,1-3H3. The van der Waals surface area contributed by atoms with E-state index in [0.717, 1.165) is 36.8 Å². The molecular weight excluding hydrogens is 350 g/mol. The fourth-order valence-electron chi connectivity index (χ4n) is 3.66.